The van der Waals surface area contributed by atoms with Crippen LogP contribution >= 0.6 is 0 Å². The first-order chi connectivity index (χ1) is 36.0. The number of fused-ring (bicyclic) bond motifs is 12. The maximum atomic E-state index is 2.53. The molecule has 0 radical (unpaired) electrons. The maximum absolute atomic E-state index is 2.53. The summed E-state index contributed by atoms with van der Waals surface area (Å²) >= 11 is 0. The molecule has 0 heterocycles. The fourth-order valence-corrected chi connectivity index (χ4v) is 13.4. The van der Waals surface area contributed by atoms with Gasteiger partial charge in [-0.25, -0.2) is 0 Å². The van der Waals surface area contributed by atoms with Gasteiger partial charge in [-0.05, 0) is 139 Å². The molecule has 11 aromatic carbocycles. The number of nitrogens with zero attached hydrogens (tertiary/aromatic N) is 2. The summed E-state index contributed by atoms with van der Waals surface area (Å²) in [7, 11) is 0. The minimum absolute atomic E-state index is 0.182. The van der Waals surface area contributed by atoms with Crippen molar-refractivity contribution in [2.24, 2.45) is 0 Å². The van der Waals surface area contributed by atoms with Gasteiger partial charge < -0.3 is 9.80 Å². The Morgan fingerprint density at radius 1 is 0.247 bits per heavy atom. The van der Waals surface area contributed by atoms with E-state index in [1.54, 1.807) is 0 Å². The number of hydrogen-bond acceptors (Lipinski definition) is 2. The van der Waals surface area contributed by atoms with E-state index < -0.39 is 10.8 Å². The maximum Gasteiger partial charge on any atom is 0.0720 e. The van der Waals surface area contributed by atoms with E-state index in [-0.39, 0.29) is 5.41 Å². The Hall–Kier alpha value is -8.98. The molecule has 0 fully saturated rings. The van der Waals surface area contributed by atoms with Gasteiger partial charge in [0.05, 0.1) is 16.5 Å². The zero-order valence-corrected chi connectivity index (χ0v) is 41.0. The number of benzene rings is 11. The average molecular weight is 933 g/mol. The van der Waals surface area contributed by atoms with Gasteiger partial charge >= 0.3 is 0 Å². The van der Waals surface area contributed by atoms with Gasteiger partial charge in [0.1, 0.15) is 0 Å². The van der Waals surface area contributed by atoms with Gasteiger partial charge in [0, 0.05) is 39.4 Å². The standard InChI is InChI=1S/C71H52N2/c1-69(2)59-34-17-15-32-56(59)57-47-46-55(48-66(57)69)73(54-44-42-53(43-45-54)72(51-28-11-5-12-29-51)52-30-13-6-14-31-52)67-41-23-40-65-68(67)58-33-16-18-35-60(58)71(65)63-38-21-19-36-61(63)70(49-24-7-3-8-25-49,50-26-9-4-10-27-50)62-37-20-22-39-64(62)71/h3-48H,1-2H3. The molecule has 1 spiro atoms. The van der Waals surface area contributed by atoms with Crippen LogP contribution in [0.15, 0.2) is 279 Å². The van der Waals surface area contributed by atoms with Crippen molar-refractivity contribution in [1.82, 2.24) is 0 Å². The number of para-hydroxylation sites is 2. The van der Waals surface area contributed by atoms with E-state index >= 15 is 0 Å². The van der Waals surface area contributed by atoms with Crippen molar-refractivity contribution in [3.8, 4) is 22.3 Å². The van der Waals surface area contributed by atoms with Crippen molar-refractivity contribution in [3.63, 3.8) is 0 Å². The zero-order valence-electron chi connectivity index (χ0n) is 41.0. The van der Waals surface area contributed by atoms with Gasteiger partial charge in [0.2, 0.25) is 0 Å². The SMILES string of the molecule is CC1(C)c2ccccc2-c2ccc(N(c3ccc(N(c4ccccc4)c4ccccc4)cc3)c3cccc4c3-c3ccccc3C43c4ccccc4C(c4ccccc4)(c4ccccc4)c4ccccc43)cc21. The third-order valence-electron chi connectivity index (χ3n) is 16.4. The van der Waals surface area contributed by atoms with Gasteiger partial charge in [-0.2, -0.15) is 0 Å². The Balaban J connectivity index is 1.03. The highest BCUT2D eigenvalue weighted by Crippen LogP contribution is 2.66. The lowest BCUT2D eigenvalue weighted by Crippen LogP contribution is -2.44. The van der Waals surface area contributed by atoms with E-state index in [4.69, 9.17) is 0 Å². The molecule has 14 rings (SSSR count). The van der Waals surface area contributed by atoms with Crippen LogP contribution in [0.4, 0.5) is 34.1 Å². The highest BCUT2D eigenvalue weighted by atomic mass is 15.2. The fraction of sp³-hybridized carbons (Fsp3) is 0.0704. The summed E-state index contributed by atoms with van der Waals surface area (Å²) in [5, 5.41) is 0. The van der Waals surface area contributed by atoms with Gasteiger partial charge in [0.15, 0.2) is 0 Å². The molecule has 3 aliphatic carbocycles. The Morgan fingerprint density at radius 2 is 0.630 bits per heavy atom. The molecule has 0 atom stereocenters. The number of anilines is 6. The van der Waals surface area contributed by atoms with Crippen molar-refractivity contribution in [2.45, 2.75) is 30.1 Å². The highest BCUT2D eigenvalue weighted by Gasteiger charge is 2.57. The third-order valence-corrected chi connectivity index (χ3v) is 16.4. The molecule has 2 nitrogen and oxygen atoms in total. The molecule has 0 amide bonds. The normalized spacial score (nSPS) is 14.5. The molecule has 2 heteroatoms. The van der Waals surface area contributed by atoms with E-state index in [9.17, 15) is 0 Å². The molecule has 0 aliphatic heterocycles. The van der Waals surface area contributed by atoms with E-state index in [0.717, 1.165) is 34.1 Å². The Morgan fingerprint density at radius 3 is 1.18 bits per heavy atom. The average Bonchev–Trinajstić information content (AvgIpc) is 3.95. The molecule has 346 valence electrons. The van der Waals surface area contributed by atoms with Crippen LogP contribution in [0, 0.1) is 0 Å². The van der Waals surface area contributed by atoms with Gasteiger partial charge in [-0.3, -0.25) is 0 Å². The lowest BCUT2D eigenvalue weighted by atomic mass is 9.51. The van der Waals surface area contributed by atoms with Crippen LogP contribution in [0.25, 0.3) is 22.3 Å². The van der Waals surface area contributed by atoms with Crippen LogP contribution < -0.4 is 9.80 Å². The molecule has 0 bridgehead atoms. The van der Waals surface area contributed by atoms with Gasteiger partial charge in [-0.15, -0.1) is 0 Å². The molecule has 0 saturated carbocycles. The summed E-state index contributed by atoms with van der Waals surface area (Å²) in [4.78, 5) is 4.87. The van der Waals surface area contributed by atoms with Crippen LogP contribution in [0.3, 0.4) is 0 Å². The van der Waals surface area contributed by atoms with Crippen molar-refractivity contribution in [2.75, 3.05) is 9.80 Å². The third kappa shape index (κ3) is 6.11. The second-order valence-electron chi connectivity index (χ2n) is 20.3. The molecular weight excluding hydrogens is 881 g/mol. The monoisotopic (exact) mass is 932 g/mol. The zero-order chi connectivity index (χ0) is 48.7. The van der Waals surface area contributed by atoms with Crippen molar-refractivity contribution in [1.29, 1.82) is 0 Å². The summed E-state index contributed by atoms with van der Waals surface area (Å²) < 4.78 is 0. The number of rotatable bonds is 8. The summed E-state index contributed by atoms with van der Waals surface area (Å²) in [5.41, 5.74) is 23.4. The minimum atomic E-state index is -0.634. The smallest absolute Gasteiger partial charge is 0.0720 e. The minimum Gasteiger partial charge on any atom is -0.311 e. The van der Waals surface area contributed by atoms with Crippen LogP contribution in [-0.2, 0) is 16.2 Å². The molecule has 0 aromatic heterocycles. The molecule has 73 heavy (non-hydrogen) atoms. The van der Waals surface area contributed by atoms with E-state index in [1.165, 1.54) is 77.9 Å². The first-order valence-electron chi connectivity index (χ1n) is 25.6. The summed E-state index contributed by atoms with van der Waals surface area (Å²) in [6.45, 7) is 4.76. The first-order valence-corrected chi connectivity index (χ1v) is 25.6. The Kier molecular flexibility index (Phi) is 9.72. The second-order valence-corrected chi connectivity index (χ2v) is 20.3. The van der Waals surface area contributed by atoms with Crippen LogP contribution in [0.1, 0.15) is 69.5 Å². The molecule has 11 aromatic rings. The van der Waals surface area contributed by atoms with E-state index in [0.29, 0.717) is 0 Å². The van der Waals surface area contributed by atoms with Crippen LogP contribution in [-0.4, -0.2) is 0 Å². The molecule has 0 unspecified atom stereocenters. The van der Waals surface area contributed by atoms with E-state index in [1.807, 2.05) is 0 Å². The van der Waals surface area contributed by atoms with Crippen molar-refractivity contribution in [3.05, 3.63) is 335 Å². The predicted molar refractivity (Wildman–Crippen MR) is 303 cm³/mol. The Bertz CT molecular complexity index is 3750. The topological polar surface area (TPSA) is 6.48 Å². The highest BCUT2D eigenvalue weighted by molar-refractivity contribution is 5.99. The summed E-state index contributed by atoms with van der Waals surface area (Å²) in [6.07, 6.45) is 0. The largest absolute Gasteiger partial charge is 0.311 e. The van der Waals surface area contributed by atoms with Crippen LogP contribution in [0.2, 0.25) is 0 Å². The summed E-state index contributed by atoms with van der Waals surface area (Å²) in [5.74, 6) is 0. The van der Waals surface area contributed by atoms with Gasteiger partial charge in [-0.1, -0.05) is 226 Å². The number of hydrogen-bond donors (Lipinski definition) is 0. The lowest BCUT2D eigenvalue weighted by molar-refractivity contribution is 0.623. The molecule has 3 aliphatic rings. The second kappa shape index (κ2) is 16.6. The van der Waals surface area contributed by atoms with Crippen molar-refractivity contribution >= 4 is 34.1 Å². The first kappa shape index (κ1) is 42.9. The van der Waals surface area contributed by atoms with E-state index in [2.05, 4.69) is 303 Å². The molecule has 0 N–H and O–H groups in total. The Labute approximate surface area is 428 Å². The quantitative estimate of drug-likeness (QED) is 0.150. The predicted octanol–water partition coefficient (Wildman–Crippen LogP) is 18.0. The fourth-order valence-electron chi connectivity index (χ4n) is 13.4. The molecular formula is C71H52N2. The molecule has 0 saturated heterocycles. The lowest BCUT2D eigenvalue weighted by Gasteiger charge is -2.50. The van der Waals surface area contributed by atoms with Crippen molar-refractivity contribution < 1.29 is 0 Å². The van der Waals surface area contributed by atoms with Crippen LogP contribution in [0.5, 0.6) is 0 Å². The van der Waals surface area contributed by atoms with Gasteiger partial charge in [0.25, 0.3) is 0 Å². The summed E-state index contributed by atoms with van der Waals surface area (Å²) in [6, 6.07) is 104.